The normalized spacial score (nSPS) is 17.7. The third kappa shape index (κ3) is 6.60. The molecule has 0 amide bonds. The van der Waals surface area contributed by atoms with Gasteiger partial charge in [-0.3, -0.25) is 4.99 Å². The molecule has 7 rings (SSSR count). The first-order chi connectivity index (χ1) is 23.8. The van der Waals surface area contributed by atoms with Gasteiger partial charge in [0.05, 0.1) is 12.8 Å². The van der Waals surface area contributed by atoms with Crippen LogP contribution in [0, 0.1) is 11.6 Å². The van der Waals surface area contributed by atoms with Gasteiger partial charge in [-0.25, -0.2) is 23.7 Å². The monoisotopic (exact) mass is 694 g/mol. The molecule has 1 N–H and O–H groups in total. The highest BCUT2D eigenvalue weighted by Gasteiger charge is 2.44. The Kier molecular flexibility index (Phi) is 9.13. The Morgan fingerprint density at radius 3 is 2.32 bits per heavy atom. The van der Waals surface area contributed by atoms with Gasteiger partial charge in [0.1, 0.15) is 23.0 Å². The lowest BCUT2D eigenvalue weighted by Gasteiger charge is -2.36. The number of rotatable bonds is 8. The Morgan fingerprint density at radius 2 is 1.66 bits per heavy atom. The summed E-state index contributed by atoms with van der Waals surface area (Å²) in [4.78, 5) is 20.3. The number of anilines is 3. The number of hydrogen-bond donors (Lipinski definition) is 1. The molecule has 0 bridgehead atoms. The summed E-state index contributed by atoms with van der Waals surface area (Å²) in [6.45, 7) is 16.0. The molecule has 0 unspecified atom stereocenters. The van der Waals surface area contributed by atoms with Crippen LogP contribution in [0.3, 0.4) is 0 Å². The lowest BCUT2D eigenvalue weighted by atomic mass is 9.76. The van der Waals surface area contributed by atoms with Crippen molar-refractivity contribution < 1.29 is 13.2 Å². The predicted molar refractivity (Wildman–Crippen MR) is 200 cm³/mol. The van der Waals surface area contributed by atoms with E-state index >= 15 is 8.78 Å². The van der Waals surface area contributed by atoms with Crippen molar-refractivity contribution in [2.45, 2.75) is 102 Å². The number of fused-ring (bicyclic) bond motifs is 2. The van der Waals surface area contributed by atoms with Crippen LogP contribution < -0.4 is 10.2 Å². The molecule has 50 heavy (non-hydrogen) atoms. The SMILES string of the molecule is CC1=Nc2c(F)cc(-c3nc(Nc4ccc(C5CCN(c6ccc(CO[Si](C)(C)C(C)(C)C)cc6)CC5)cn4)ncc3F)cc2C12CCCC2. The highest BCUT2D eigenvalue weighted by atomic mass is 28.4. The number of aliphatic imine (C=N–C) groups is 1. The lowest BCUT2D eigenvalue weighted by Crippen LogP contribution is -2.40. The van der Waals surface area contributed by atoms with E-state index in [1.54, 1.807) is 0 Å². The second-order valence-electron chi connectivity index (χ2n) is 15.8. The number of hydrogen-bond acceptors (Lipinski definition) is 7. The fraction of sp³-hybridized carbons (Fsp3) is 0.450. The Morgan fingerprint density at radius 1 is 0.940 bits per heavy atom. The van der Waals surface area contributed by atoms with Gasteiger partial charge in [-0.1, -0.05) is 51.8 Å². The van der Waals surface area contributed by atoms with Crippen molar-refractivity contribution in [1.29, 1.82) is 0 Å². The molecule has 1 aliphatic carbocycles. The van der Waals surface area contributed by atoms with E-state index in [1.165, 1.54) is 22.9 Å². The molecule has 7 nitrogen and oxygen atoms in total. The van der Waals surface area contributed by atoms with E-state index < -0.39 is 20.0 Å². The number of piperidine rings is 1. The van der Waals surface area contributed by atoms with Crippen molar-refractivity contribution in [3.63, 3.8) is 0 Å². The van der Waals surface area contributed by atoms with Gasteiger partial charge in [0.25, 0.3) is 0 Å². The van der Waals surface area contributed by atoms with Gasteiger partial charge >= 0.3 is 0 Å². The molecule has 2 fully saturated rings. The van der Waals surface area contributed by atoms with E-state index in [0.717, 1.165) is 69.1 Å². The van der Waals surface area contributed by atoms with Crippen LogP contribution in [0.2, 0.25) is 18.1 Å². The number of nitrogens with one attached hydrogen (secondary N) is 1. The largest absolute Gasteiger partial charge is 0.413 e. The zero-order valence-electron chi connectivity index (χ0n) is 30.1. The van der Waals surface area contributed by atoms with E-state index in [-0.39, 0.29) is 22.1 Å². The number of benzene rings is 2. The van der Waals surface area contributed by atoms with Gasteiger partial charge in [-0.05, 0) is 104 Å². The molecule has 3 aliphatic rings. The van der Waals surface area contributed by atoms with Gasteiger partial charge in [0.2, 0.25) is 5.95 Å². The molecule has 2 aromatic carbocycles. The van der Waals surface area contributed by atoms with Crippen LogP contribution in [0.1, 0.15) is 88.8 Å². The Labute approximate surface area is 295 Å². The Bertz CT molecular complexity index is 1890. The summed E-state index contributed by atoms with van der Waals surface area (Å²) in [6.07, 6.45) is 9.12. The van der Waals surface area contributed by atoms with Crippen molar-refractivity contribution in [2.75, 3.05) is 23.3 Å². The molecule has 4 aromatic rings. The average molecular weight is 695 g/mol. The second kappa shape index (κ2) is 13.3. The summed E-state index contributed by atoms with van der Waals surface area (Å²) < 4.78 is 36.8. The fourth-order valence-electron chi connectivity index (χ4n) is 7.51. The van der Waals surface area contributed by atoms with Gasteiger partial charge in [-0.15, -0.1) is 0 Å². The minimum Gasteiger partial charge on any atom is -0.413 e. The minimum atomic E-state index is -1.78. The van der Waals surface area contributed by atoms with Gasteiger partial charge in [0, 0.05) is 41.7 Å². The van der Waals surface area contributed by atoms with Crippen LogP contribution in [0.4, 0.5) is 31.9 Å². The molecule has 4 heterocycles. The molecule has 2 aromatic heterocycles. The van der Waals surface area contributed by atoms with E-state index in [0.29, 0.717) is 29.6 Å². The number of aromatic nitrogens is 3. The van der Waals surface area contributed by atoms with Crippen molar-refractivity contribution >= 4 is 37.2 Å². The highest BCUT2D eigenvalue weighted by Crippen LogP contribution is 2.52. The van der Waals surface area contributed by atoms with Crippen LogP contribution in [-0.2, 0) is 16.4 Å². The van der Waals surface area contributed by atoms with E-state index in [2.05, 4.69) is 94.4 Å². The standard InChI is InChI=1S/C40H48F2N6OSi/c1-26-40(17-7-8-18-40)32-21-30(22-33(41)37(32)45-26)36-34(42)24-44-38(47-36)46-35-14-11-29(23-43-35)28-15-19-48(20-16-28)31-12-9-27(10-13-31)25-49-50(5,6)39(2,3)4/h9-14,21-24,28H,7-8,15-20,25H2,1-6H3,(H,43,44,46,47). The molecular formula is C40H48F2N6OSi. The Hall–Kier alpha value is -4.02. The summed E-state index contributed by atoms with van der Waals surface area (Å²) in [6, 6.07) is 16.0. The molecular weight excluding hydrogens is 647 g/mol. The molecule has 262 valence electrons. The van der Waals surface area contributed by atoms with Crippen LogP contribution in [0.5, 0.6) is 0 Å². The maximum absolute atomic E-state index is 15.3. The first kappa shape index (κ1) is 34.4. The van der Waals surface area contributed by atoms with Crippen LogP contribution in [0.15, 0.2) is 65.9 Å². The van der Waals surface area contributed by atoms with E-state index in [4.69, 9.17) is 4.43 Å². The minimum absolute atomic E-state index is 0.0550. The first-order valence-corrected chi connectivity index (χ1v) is 20.9. The predicted octanol–water partition coefficient (Wildman–Crippen LogP) is 10.4. The zero-order valence-corrected chi connectivity index (χ0v) is 31.1. The average Bonchev–Trinajstić information content (AvgIpc) is 3.70. The molecule has 1 saturated carbocycles. The highest BCUT2D eigenvalue weighted by molar-refractivity contribution is 6.74. The number of halogens is 2. The second-order valence-corrected chi connectivity index (χ2v) is 20.6. The number of nitrogens with zero attached hydrogens (tertiary/aromatic N) is 5. The molecule has 0 atom stereocenters. The maximum atomic E-state index is 15.3. The number of pyridine rings is 1. The molecule has 10 heteroatoms. The summed E-state index contributed by atoms with van der Waals surface area (Å²) >= 11 is 0. The van der Waals surface area contributed by atoms with E-state index in [1.807, 2.05) is 25.3 Å². The third-order valence-electron chi connectivity index (χ3n) is 11.7. The van der Waals surface area contributed by atoms with Crippen LogP contribution in [0.25, 0.3) is 11.3 Å². The third-order valence-corrected chi connectivity index (χ3v) is 16.2. The van der Waals surface area contributed by atoms with Crippen LogP contribution >= 0.6 is 0 Å². The summed E-state index contributed by atoms with van der Waals surface area (Å²) in [7, 11) is -1.78. The summed E-state index contributed by atoms with van der Waals surface area (Å²) in [5.41, 5.74) is 6.02. The van der Waals surface area contributed by atoms with Crippen molar-refractivity contribution in [2.24, 2.45) is 4.99 Å². The van der Waals surface area contributed by atoms with Gasteiger partial charge in [0.15, 0.2) is 14.1 Å². The molecule has 0 radical (unpaired) electrons. The van der Waals surface area contributed by atoms with Crippen LogP contribution in [-0.4, -0.2) is 42.1 Å². The zero-order chi connectivity index (χ0) is 35.3. The van der Waals surface area contributed by atoms with Gasteiger partial charge < -0.3 is 14.6 Å². The van der Waals surface area contributed by atoms with Crippen molar-refractivity contribution in [3.8, 4) is 11.3 Å². The smallest absolute Gasteiger partial charge is 0.229 e. The fourth-order valence-corrected chi connectivity index (χ4v) is 8.47. The summed E-state index contributed by atoms with van der Waals surface area (Å²) in [5, 5.41) is 3.32. The van der Waals surface area contributed by atoms with Crippen molar-refractivity contribution in [3.05, 3.63) is 89.2 Å². The first-order valence-electron chi connectivity index (χ1n) is 18.0. The Balaban J connectivity index is 0.972. The molecule has 1 spiro atoms. The molecule has 2 aliphatic heterocycles. The summed E-state index contributed by atoms with van der Waals surface area (Å²) in [5.74, 6) is 0.139. The molecule has 1 saturated heterocycles. The van der Waals surface area contributed by atoms with Crippen molar-refractivity contribution in [1.82, 2.24) is 15.0 Å². The topological polar surface area (TPSA) is 75.5 Å². The van der Waals surface area contributed by atoms with Gasteiger partial charge in [-0.2, -0.15) is 0 Å². The maximum Gasteiger partial charge on any atom is 0.229 e. The lowest BCUT2D eigenvalue weighted by molar-refractivity contribution is 0.276. The van der Waals surface area contributed by atoms with E-state index in [9.17, 15) is 0 Å². The quantitative estimate of drug-likeness (QED) is 0.185.